The number of nitrogens with zero attached hydrogens (tertiary/aromatic N) is 5. The summed E-state index contributed by atoms with van der Waals surface area (Å²) in [6.45, 7) is 0.232. The number of alkyl halides is 3. The fourth-order valence-corrected chi connectivity index (χ4v) is 4.77. The second-order valence-corrected chi connectivity index (χ2v) is 9.08. The maximum atomic E-state index is 15.8. The molecular weight excluding hydrogens is 476 g/mol. The second kappa shape index (κ2) is 8.00. The third-order valence-corrected chi connectivity index (χ3v) is 6.67. The van der Waals surface area contributed by atoms with Gasteiger partial charge in [-0.3, -0.25) is 4.79 Å². The van der Waals surface area contributed by atoms with Gasteiger partial charge in [0, 0.05) is 23.4 Å². The van der Waals surface area contributed by atoms with Crippen molar-refractivity contribution in [1.82, 2.24) is 19.7 Å². The Morgan fingerprint density at radius 1 is 1.14 bits per heavy atom. The monoisotopic (exact) mass is 496 g/mol. The van der Waals surface area contributed by atoms with Crippen molar-refractivity contribution in [1.29, 1.82) is 0 Å². The topological polar surface area (TPSA) is 89.9 Å². The molecule has 1 aliphatic carbocycles. The number of nitrogens with two attached hydrogens (primary N) is 1. The third-order valence-electron chi connectivity index (χ3n) is 6.67. The summed E-state index contributed by atoms with van der Waals surface area (Å²) in [6, 6.07) is 8.06. The largest absolute Gasteiger partial charge is 0.416 e. The van der Waals surface area contributed by atoms with Gasteiger partial charge in [0.05, 0.1) is 23.4 Å². The average Bonchev–Trinajstić information content (AvgIpc) is 3.46. The minimum absolute atomic E-state index is 0.192. The minimum atomic E-state index is -4.50. The zero-order chi connectivity index (χ0) is 25.2. The lowest BCUT2D eigenvalue weighted by atomic mass is 10.0. The molecule has 0 bridgehead atoms. The van der Waals surface area contributed by atoms with E-state index in [1.807, 2.05) is 0 Å². The molecule has 1 fully saturated rings. The number of carbonyl (C=O) groups excluding carboxylic acids is 1. The summed E-state index contributed by atoms with van der Waals surface area (Å²) in [4.78, 5) is 22.8. The van der Waals surface area contributed by atoms with Crippen LogP contribution in [-0.4, -0.2) is 32.2 Å². The molecule has 2 N–H and O–H groups in total. The van der Waals surface area contributed by atoms with E-state index in [0.29, 0.717) is 28.0 Å². The number of hydrogen-bond acceptors (Lipinski definition) is 5. The second-order valence-electron chi connectivity index (χ2n) is 9.08. The first-order chi connectivity index (χ1) is 17.2. The molecule has 0 unspecified atom stereocenters. The van der Waals surface area contributed by atoms with Gasteiger partial charge in [0.15, 0.2) is 5.65 Å². The maximum Gasteiger partial charge on any atom is 0.416 e. The zero-order valence-corrected chi connectivity index (χ0v) is 18.9. The lowest BCUT2D eigenvalue weighted by molar-refractivity contribution is -0.137. The number of rotatable bonds is 4. The Morgan fingerprint density at radius 2 is 1.94 bits per heavy atom. The van der Waals surface area contributed by atoms with E-state index in [1.54, 1.807) is 16.8 Å². The highest BCUT2D eigenvalue weighted by molar-refractivity contribution is 6.00. The van der Waals surface area contributed by atoms with Crippen molar-refractivity contribution in [2.45, 2.75) is 37.9 Å². The van der Waals surface area contributed by atoms with Gasteiger partial charge in [-0.1, -0.05) is 18.2 Å². The van der Waals surface area contributed by atoms with Crippen LogP contribution >= 0.6 is 0 Å². The van der Waals surface area contributed by atoms with E-state index in [4.69, 9.17) is 5.73 Å². The van der Waals surface area contributed by atoms with Gasteiger partial charge < -0.3 is 10.6 Å². The van der Waals surface area contributed by atoms with Gasteiger partial charge in [0.25, 0.3) is 0 Å². The average molecular weight is 496 g/mol. The quantitative estimate of drug-likeness (QED) is 0.414. The smallest absolute Gasteiger partial charge is 0.383 e. The molecular formula is C25H20F4N6O. The summed E-state index contributed by atoms with van der Waals surface area (Å²) < 4.78 is 56.7. The van der Waals surface area contributed by atoms with Crippen LogP contribution in [0.5, 0.6) is 0 Å². The van der Waals surface area contributed by atoms with Crippen molar-refractivity contribution in [3.05, 3.63) is 65.2 Å². The van der Waals surface area contributed by atoms with Crippen LogP contribution in [0.2, 0.25) is 0 Å². The van der Waals surface area contributed by atoms with Crippen LogP contribution in [0, 0.1) is 5.82 Å². The van der Waals surface area contributed by atoms with Crippen molar-refractivity contribution >= 4 is 28.4 Å². The lowest BCUT2D eigenvalue weighted by Gasteiger charge is -2.18. The van der Waals surface area contributed by atoms with E-state index in [9.17, 15) is 18.0 Å². The summed E-state index contributed by atoms with van der Waals surface area (Å²) >= 11 is 0. The van der Waals surface area contributed by atoms with E-state index in [1.165, 1.54) is 23.4 Å². The number of amides is 1. The fraction of sp³-hybridized carbons (Fsp3) is 0.280. The molecule has 36 heavy (non-hydrogen) atoms. The van der Waals surface area contributed by atoms with Crippen LogP contribution in [-0.2, 0) is 23.8 Å². The number of halogens is 4. The molecule has 7 nitrogen and oxygen atoms in total. The first kappa shape index (κ1) is 22.4. The van der Waals surface area contributed by atoms with Crippen molar-refractivity contribution in [2.75, 3.05) is 17.2 Å². The summed E-state index contributed by atoms with van der Waals surface area (Å²) in [7, 11) is 0. The van der Waals surface area contributed by atoms with Crippen LogP contribution in [0.3, 0.4) is 0 Å². The van der Waals surface area contributed by atoms with Gasteiger partial charge in [-0.15, -0.1) is 0 Å². The molecule has 3 heterocycles. The molecule has 1 aliphatic heterocycles. The van der Waals surface area contributed by atoms with Gasteiger partial charge in [-0.05, 0) is 43.0 Å². The highest BCUT2D eigenvalue weighted by Gasteiger charge is 2.34. The van der Waals surface area contributed by atoms with E-state index in [0.717, 1.165) is 25.0 Å². The molecule has 2 aromatic heterocycles. The van der Waals surface area contributed by atoms with Crippen LogP contribution in [0.15, 0.2) is 42.7 Å². The van der Waals surface area contributed by atoms with Crippen LogP contribution in [0.25, 0.3) is 22.3 Å². The molecule has 0 atom stereocenters. The normalized spacial score (nSPS) is 15.5. The third kappa shape index (κ3) is 3.66. The Kier molecular flexibility index (Phi) is 4.99. The molecule has 1 saturated carbocycles. The molecule has 11 heteroatoms. The van der Waals surface area contributed by atoms with E-state index < -0.39 is 23.5 Å². The van der Waals surface area contributed by atoms with Crippen molar-refractivity contribution in [3.8, 4) is 11.3 Å². The first-order valence-corrected chi connectivity index (χ1v) is 11.5. The molecule has 184 valence electrons. The first-order valence-electron chi connectivity index (χ1n) is 11.5. The number of aromatic nitrogens is 4. The van der Waals surface area contributed by atoms with Gasteiger partial charge in [-0.2, -0.15) is 18.3 Å². The number of fused-ring (bicyclic) bond motifs is 2. The van der Waals surface area contributed by atoms with Gasteiger partial charge in [-0.25, -0.2) is 19.0 Å². The highest BCUT2D eigenvalue weighted by atomic mass is 19.4. The number of benzene rings is 2. The van der Waals surface area contributed by atoms with Crippen molar-refractivity contribution in [2.24, 2.45) is 0 Å². The summed E-state index contributed by atoms with van der Waals surface area (Å²) in [5.41, 5.74) is 7.45. The summed E-state index contributed by atoms with van der Waals surface area (Å²) in [5.74, 6) is -0.700. The van der Waals surface area contributed by atoms with Crippen LogP contribution < -0.4 is 10.6 Å². The van der Waals surface area contributed by atoms with Crippen molar-refractivity contribution in [3.63, 3.8) is 0 Å². The van der Waals surface area contributed by atoms with Gasteiger partial charge in [0.1, 0.15) is 23.7 Å². The fourth-order valence-electron chi connectivity index (χ4n) is 4.77. The van der Waals surface area contributed by atoms with Gasteiger partial charge >= 0.3 is 6.18 Å². The number of hydrogen-bond donors (Lipinski definition) is 1. The van der Waals surface area contributed by atoms with E-state index in [2.05, 4.69) is 15.1 Å². The highest BCUT2D eigenvalue weighted by Crippen LogP contribution is 2.42. The van der Waals surface area contributed by atoms with Crippen molar-refractivity contribution < 1.29 is 22.4 Å². The van der Waals surface area contributed by atoms with E-state index >= 15 is 4.39 Å². The SMILES string of the molecule is Nc1ncnc2c1c(-c1ccc3c(c1F)CCN3C(=O)Cc1cccc(C(F)(F)F)c1)nn2C1CC1. The van der Waals surface area contributed by atoms with Gasteiger partial charge in [0.2, 0.25) is 5.91 Å². The molecule has 0 spiro atoms. The number of anilines is 2. The molecule has 0 saturated heterocycles. The standard InChI is InChI=1S/C25H20F4N6O/c26-21-16-8-9-34(19(36)11-13-2-1-3-14(10-13)25(27,28)29)18(16)7-6-17(21)22-20-23(30)31-12-32-24(20)35(33-22)15-4-5-15/h1-3,6-7,10,12,15H,4-5,8-9,11H2,(H2,30,31,32). The Bertz CT molecular complexity index is 1530. The minimum Gasteiger partial charge on any atom is -0.383 e. The number of carbonyl (C=O) groups is 1. The Labute approximate surface area is 202 Å². The zero-order valence-electron chi connectivity index (χ0n) is 18.9. The molecule has 2 aliphatic rings. The Hall–Kier alpha value is -4.02. The maximum absolute atomic E-state index is 15.8. The number of nitrogen functional groups attached to an aromatic ring is 1. The predicted molar refractivity (Wildman–Crippen MR) is 125 cm³/mol. The Morgan fingerprint density at radius 3 is 2.69 bits per heavy atom. The predicted octanol–water partition coefficient (Wildman–Crippen LogP) is 4.70. The molecule has 1 amide bonds. The van der Waals surface area contributed by atoms with Crippen LogP contribution in [0.1, 0.15) is 35.6 Å². The van der Waals surface area contributed by atoms with Crippen LogP contribution in [0.4, 0.5) is 29.1 Å². The summed E-state index contributed by atoms with van der Waals surface area (Å²) in [6.07, 6.45) is -1.18. The molecule has 0 radical (unpaired) electrons. The molecule has 6 rings (SSSR count). The Balaban J connectivity index is 1.33. The summed E-state index contributed by atoms with van der Waals surface area (Å²) in [5, 5.41) is 5.11. The van der Waals surface area contributed by atoms with E-state index in [-0.39, 0.29) is 42.4 Å². The lowest BCUT2D eigenvalue weighted by Crippen LogP contribution is -2.30. The molecule has 4 aromatic rings. The molecule has 2 aromatic carbocycles.